The lowest BCUT2D eigenvalue weighted by atomic mass is 10.2. The summed E-state index contributed by atoms with van der Waals surface area (Å²) < 4.78 is 11.4. The Morgan fingerprint density at radius 3 is 2.76 bits per heavy atom. The highest BCUT2D eigenvalue weighted by molar-refractivity contribution is 9.10. The van der Waals surface area contributed by atoms with Crippen molar-refractivity contribution in [3.63, 3.8) is 0 Å². The van der Waals surface area contributed by atoms with E-state index in [0.29, 0.717) is 17.9 Å². The summed E-state index contributed by atoms with van der Waals surface area (Å²) >= 11 is 3.32. The first-order valence-electron chi connectivity index (χ1n) is 5.45. The Bertz CT molecular complexity index is 343. The van der Waals surface area contributed by atoms with Crippen molar-refractivity contribution >= 4 is 15.9 Å². The van der Waals surface area contributed by atoms with Crippen molar-refractivity contribution < 1.29 is 19.7 Å². The lowest BCUT2D eigenvalue weighted by Gasteiger charge is -2.14. The third kappa shape index (κ3) is 5.04. The number of hydrogen-bond acceptors (Lipinski definition) is 4. The van der Waals surface area contributed by atoms with Crippen molar-refractivity contribution in [3.8, 4) is 5.75 Å². The van der Waals surface area contributed by atoms with Crippen molar-refractivity contribution in [1.82, 2.24) is 0 Å². The number of hydrogen-bond donors (Lipinski definition) is 2. The van der Waals surface area contributed by atoms with Gasteiger partial charge in [0.05, 0.1) is 13.2 Å². The number of aliphatic hydroxyl groups is 2. The Kier molecular flexibility index (Phi) is 6.50. The molecule has 0 heterocycles. The number of ether oxygens (including phenoxy) is 2. The van der Waals surface area contributed by atoms with E-state index >= 15 is 0 Å². The predicted octanol–water partition coefficient (Wildman–Crippen LogP) is 1.72. The molecule has 1 atom stereocenters. The standard InChI is InChI=1S/C12H17BrO4/c1-2-16-7-11(15)8-17-12-4-3-10(13)5-9(12)6-14/h3-5,11,14-15H,2,6-8H2,1H3. The zero-order valence-electron chi connectivity index (χ0n) is 9.73. The van der Waals surface area contributed by atoms with E-state index in [0.717, 1.165) is 4.47 Å². The van der Waals surface area contributed by atoms with Gasteiger partial charge >= 0.3 is 0 Å². The van der Waals surface area contributed by atoms with Crippen molar-refractivity contribution in [2.45, 2.75) is 19.6 Å². The van der Waals surface area contributed by atoms with Gasteiger partial charge in [0.2, 0.25) is 0 Å². The molecule has 0 amide bonds. The highest BCUT2D eigenvalue weighted by Gasteiger charge is 2.08. The minimum Gasteiger partial charge on any atom is -0.490 e. The summed E-state index contributed by atoms with van der Waals surface area (Å²) in [5, 5.41) is 18.7. The number of aliphatic hydroxyl groups excluding tert-OH is 2. The molecule has 0 aromatic heterocycles. The van der Waals surface area contributed by atoms with E-state index < -0.39 is 6.10 Å². The molecule has 1 aromatic rings. The summed E-state index contributed by atoms with van der Waals surface area (Å²) in [6.45, 7) is 2.73. The van der Waals surface area contributed by atoms with Crippen molar-refractivity contribution in [1.29, 1.82) is 0 Å². The molecule has 0 saturated heterocycles. The third-order valence-corrected chi connectivity index (χ3v) is 2.63. The zero-order valence-corrected chi connectivity index (χ0v) is 11.3. The van der Waals surface area contributed by atoms with Crippen LogP contribution in [0.2, 0.25) is 0 Å². The van der Waals surface area contributed by atoms with E-state index in [1.165, 1.54) is 0 Å². The molecule has 1 unspecified atom stereocenters. The molecule has 1 aromatic carbocycles. The van der Waals surface area contributed by atoms with Gasteiger partial charge in [0.15, 0.2) is 0 Å². The minimum absolute atomic E-state index is 0.101. The van der Waals surface area contributed by atoms with Gasteiger partial charge in [-0.2, -0.15) is 0 Å². The van der Waals surface area contributed by atoms with E-state index in [1.807, 2.05) is 13.0 Å². The highest BCUT2D eigenvalue weighted by Crippen LogP contribution is 2.23. The van der Waals surface area contributed by atoms with E-state index in [1.54, 1.807) is 12.1 Å². The molecule has 0 fully saturated rings. The first-order chi connectivity index (χ1) is 8.17. The third-order valence-electron chi connectivity index (χ3n) is 2.14. The molecule has 2 N–H and O–H groups in total. The molecule has 0 saturated carbocycles. The summed E-state index contributed by atoms with van der Waals surface area (Å²) in [6.07, 6.45) is -0.662. The Hall–Kier alpha value is -0.620. The minimum atomic E-state index is -0.662. The number of benzene rings is 1. The fourth-order valence-electron chi connectivity index (χ4n) is 1.30. The largest absolute Gasteiger partial charge is 0.490 e. The van der Waals surface area contributed by atoms with Gasteiger partial charge < -0.3 is 19.7 Å². The summed E-state index contributed by atoms with van der Waals surface area (Å²) in [5.41, 5.74) is 0.683. The van der Waals surface area contributed by atoms with Gasteiger partial charge in [-0.15, -0.1) is 0 Å². The van der Waals surface area contributed by atoms with E-state index in [-0.39, 0.29) is 19.8 Å². The molecule has 0 aliphatic rings. The van der Waals surface area contributed by atoms with Crippen LogP contribution in [0.15, 0.2) is 22.7 Å². The molecule has 0 aliphatic carbocycles. The monoisotopic (exact) mass is 304 g/mol. The fraction of sp³-hybridized carbons (Fsp3) is 0.500. The molecule has 0 aliphatic heterocycles. The van der Waals surface area contributed by atoms with Crippen LogP contribution in [0.3, 0.4) is 0 Å². The van der Waals surface area contributed by atoms with Gasteiger partial charge in [0.25, 0.3) is 0 Å². The van der Waals surface area contributed by atoms with Crippen LogP contribution in [0.4, 0.5) is 0 Å². The number of halogens is 1. The first kappa shape index (κ1) is 14.4. The molecule has 96 valence electrons. The molecule has 0 spiro atoms. The molecule has 4 nitrogen and oxygen atoms in total. The van der Waals surface area contributed by atoms with Crippen molar-refractivity contribution in [2.75, 3.05) is 19.8 Å². The fourth-order valence-corrected chi connectivity index (χ4v) is 1.71. The Labute approximate surface area is 109 Å². The quantitative estimate of drug-likeness (QED) is 0.805. The summed E-state index contributed by atoms with van der Waals surface area (Å²) in [4.78, 5) is 0. The molecule has 0 radical (unpaired) electrons. The predicted molar refractivity (Wildman–Crippen MR) is 68.1 cm³/mol. The summed E-state index contributed by atoms with van der Waals surface area (Å²) in [7, 11) is 0. The topological polar surface area (TPSA) is 58.9 Å². The first-order valence-corrected chi connectivity index (χ1v) is 6.24. The smallest absolute Gasteiger partial charge is 0.125 e. The van der Waals surface area contributed by atoms with Gasteiger partial charge in [0, 0.05) is 16.6 Å². The number of rotatable bonds is 7. The Morgan fingerprint density at radius 1 is 1.35 bits per heavy atom. The highest BCUT2D eigenvalue weighted by atomic mass is 79.9. The second kappa shape index (κ2) is 7.66. The van der Waals surface area contributed by atoms with Crippen LogP contribution < -0.4 is 4.74 Å². The Balaban J connectivity index is 2.50. The molecular formula is C12H17BrO4. The van der Waals surface area contributed by atoms with E-state index in [2.05, 4.69) is 15.9 Å². The molecular weight excluding hydrogens is 288 g/mol. The van der Waals surface area contributed by atoms with Gasteiger partial charge in [-0.3, -0.25) is 0 Å². The van der Waals surface area contributed by atoms with Crippen LogP contribution in [-0.4, -0.2) is 36.1 Å². The molecule has 5 heteroatoms. The maximum Gasteiger partial charge on any atom is 0.125 e. The maximum absolute atomic E-state index is 9.54. The zero-order chi connectivity index (χ0) is 12.7. The second-order valence-corrected chi connectivity index (χ2v) is 4.45. The average molecular weight is 305 g/mol. The van der Waals surface area contributed by atoms with E-state index in [9.17, 15) is 5.11 Å². The van der Waals surface area contributed by atoms with E-state index in [4.69, 9.17) is 14.6 Å². The van der Waals surface area contributed by atoms with Gasteiger partial charge in [-0.1, -0.05) is 15.9 Å². The lowest BCUT2D eigenvalue weighted by molar-refractivity contribution is 0.0160. The maximum atomic E-state index is 9.54. The summed E-state index contributed by atoms with van der Waals surface area (Å²) in [6, 6.07) is 5.36. The normalized spacial score (nSPS) is 12.5. The van der Waals surface area contributed by atoms with Gasteiger partial charge in [0.1, 0.15) is 18.5 Å². The second-order valence-electron chi connectivity index (χ2n) is 3.53. The van der Waals surface area contributed by atoms with Crippen LogP contribution >= 0.6 is 15.9 Å². The van der Waals surface area contributed by atoms with Crippen molar-refractivity contribution in [3.05, 3.63) is 28.2 Å². The summed E-state index contributed by atoms with van der Waals surface area (Å²) in [5.74, 6) is 0.575. The van der Waals surface area contributed by atoms with Crippen LogP contribution in [0.5, 0.6) is 5.75 Å². The van der Waals surface area contributed by atoms with Crippen LogP contribution in [0.25, 0.3) is 0 Å². The molecule has 1 rings (SSSR count). The molecule has 17 heavy (non-hydrogen) atoms. The van der Waals surface area contributed by atoms with Gasteiger partial charge in [-0.25, -0.2) is 0 Å². The SMILES string of the molecule is CCOCC(O)COc1ccc(Br)cc1CO. The lowest BCUT2D eigenvalue weighted by Crippen LogP contribution is -2.23. The van der Waals surface area contributed by atoms with Crippen LogP contribution in [-0.2, 0) is 11.3 Å². The Morgan fingerprint density at radius 2 is 2.12 bits per heavy atom. The van der Waals surface area contributed by atoms with Crippen LogP contribution in [0, 0.1) is 0 Å². The van der Waals surface area contributed by atoms with Gasteiger partial charge in [-0.05, 0) is 25.1 Å². The molecule has 0 bridgehead atoms. The van der Waals surface area contributed by atoms with Crippen molar-refractivity contribution in [2.24, 2.45) is 0 Å². The average Bonchev–Trinajstić information content (AvgIpc) is 2.34. The van der Waals surface area contributed by atoms with Crippen LogP contribution in [0.1, 0.15) is 12.5 Å².